The molecule has 0 unspecified atom stereocenters. The van der Waals surface area contributed by atoms with E-state index in [4.69, 9.17) is 4.74 Å². The van der Waals surface area contributed by atoms with Crippen molar-refractivity contribution < 1.29 is 48.1 Å². The summed E-state index contributed by atoms with van der Waals surface area (Å²) in [5, 5.41) is 18.8. The highest BCUT2D eigenvalue weighted by molar-refractivity contribution is 8.01. The van der Waals surface area contributed by atoms with Gasteiger partial charge in [0.25, 0.3) is 5.91 Å². The van der Waals surface area contributed by atoms with Crippen molar-refractivity contribution in [2.24, 2.45) is 0 Å². The van der Waals surface area contributed by atoms with Crippen LogP contribution >= 0.6 is 23.5 Å². The Labute approximate surface area is 306 Å². The van der Waals surface area contributed by atoms with Crippen LogP contribution in [0.2, 0.25) is 0 Å². The number of likely N-dealkylation sites (N-methyl/N-ethyl adjacent to an activating group) is 1. The van der Waals surface area contributed by atoms with Crippen LogP contribution in [0.5, 0.6) is 0 Å². The summed E-state index contributed by atoms with van der Waals surface area (Å²) >= 11 is 2.58. The lowest BCUT2D eigenvalue weighted by atomic mass is 9.94. The van der Waals surface area contributed by atoms with Gasteiger partial charge in [0.2, 0.25) is 30.4 Å². The van der Waals surface area contributed by atoms with Crippen molar-refractivity contribution in [2.45, 2.75) is 28.9 Å². The zero-order valence-corrected chi connectivity index (χ0v) is 29.7. The topological polar surface area (TPSA) is 202 Å². The van der Waals surface area contributed by atoms with Crippen LogP contribution in [-0.4, -0.2) is 130 Å². The summed E-state index contributed by atoms with van der Waals surface area (Å²) in [6, 6.07) is 9.36. The highest BCUT2D eigenvalue weighted by Gasteiger charge is 2.66. The molecule has 274 valence electrons. The number of nitrogens with zero attached hydrogens (tertiary/aromatic N) is 5. The fraction of sp³-hybridized carbons (Fsp3) is 0.394. The Morgan fingerprint density at radius 3 is 2.42 bits per heavy atom. The molecule has 3 fully saturated rings. The molecule has 4 aliphatic heterocycles. The van der Waals surface area contributed by atoms with E-state index in [9.17, 15) is 38.7 Å². The Morgan fingerprint density at radius 2 is 1.77 bits per heavy atom. The number of morpholine rings is 1. The first-order valence-electron chi connectivity index (χ1n) is 16.5. The predicted molar refractivity (Wildman–Crippen MR) is 186 cm³/mol. The number of rotatable bonds is 12. The number of imide groups is 1. The first-order valence-corrected chi connectivity index (χ1v) is 18.5. The normalized spacial score (nSPS) is 22.3. The smallest absolute Gasteiger partial charge is 0.352 e. The van der Waals surface area contributed by atoms with Crippen LogP contribution in [0, 0.1) is 0 Å². The SMILES string of the molecule is CCN1CCN(C(=O)N[C@@H](C(=O)N[C@]2(NC=O)C(=O)N3C(C(=O)O)=C(CSc4cc[n+](N5CCOCC5)cc4)CS[C@@H]32)c2ccccc2)C(=O)C1=O. The third-order valence-corrected chi connectivity index (χ3v) is 11.6. The van der Waals surface area contributed by atoms with E-state index in [0.717, 1.165) is 22.9 Å². The van der Waals surface area contributed by atoms with Gasteiger partial charge in [0.15, 0.2) is 0 Å². The summed E-state index contributed by atoms with van der Waals surface area (Å²) in [5.74, 6) is -4.60. The largest absolute Gasteiger partial charge is 0.477 e. The van der Waals surface area contributed by atoms with E-state index in [1.807, 2.05) is 29.2 Å². The maximum absolute atomic E-state index is 14.0. The molecular formula is C33H37N8O9S2+. The lowest BCUT2D eigenvalue weighted by Gasteiger charge is -2.56. The van der Waals surface area contributed by atoms with Gasteiger partial charge in [-0.2, -0.15) is 5.01 Å². The van der Waals surface area contributed by atoms with Gasteiger partial charge in [0.1, 0.15) is 17.1 Å². The van der Waals surface area contributed by atoms with Crippen LogP contribution in [-0.2, 0) is 33.5 Å². The quantitative estimate of drug-likeness (QED) is 0.0515. The molecule has 19 heteroatoms. The van der Waals surface area contributed by atoms with E-state index in [1.165, 1.54) is 28.4 Å². The lowest BCUT2D eigenvalue weighted by Crippen LogP contribution is -2.85. The van der Waals surface area contributed by atoms with Gasteiger partial charge in [-0.25, -0.2) is 9.59 Å². The van der Waals surface area contributed by atoms with Crippen LogP contribution < -0.4 is 25.6 Å². The van der Waals surface area contributed by atoms with Gasteiger partial charge in [-0.05, 0) is 18.1 Å². The van der Waals surface area contributed by atoms with Crippen molar-refractivity contribution >= 4 is 65.6 Å². The van der Waals surface area contributed by atoms with Crippen LogP contribution in [0.4, 0.5) is 4.79 Å². The summed E-state index contributed by atoms with van der Waals surface area (Å²) in [6.07, 6.45) is 4.07. The Bertz CT molecular complexity index is 1790. The van der Waals surface area contributed by atoms with Crippen LogP contribution in [0.15, 0.2) is 71.0 Å². The van der Waals surface area contributed by atoms with Crippen LogP contribution in [0.1, 0.15) is 18.5 Å². The number of ether oxygens (including phenoxy) is 1. The number of piperazine rings is 1. The second kappa shape index (κ2) is 15.6. The van der Waals surface area contributed by atoms with Gasteiger partial charge in [0.05, 0.1) is 26.3 Å². The number of β-lactam (4-membered cyclic amide) rings is 1. The number of amides is 7. The van der Waals surface area contributed by atoms with Gasteiger partial charge in [-0.1, -0.05) is 35.0 Å². The van der Waals surface area contributed by atoms with E-state index in [1.54, 1.807) is 37.3 Å². The average Bonchev–Trinajstić information content (AvgIpc) is 3.17. The number of benzene rings is 1. The number of carbonyl (C=O) groups is 7. The first kappa shape index (κ1) is 36.6. The number of hydrogen-bond acceptors (Lipinski definition) is 11. The molecule has 0 saturated carbocycles. The van der Waals surface area contributed by atoms with E-state index >= 15 is 0 Å². The van der Waals surface area contributed by atoms with Crippen molar-refractivity contribution in [1.82, 2.24) is 30.7 Å². The van der Waals surface area contributed by atoms with Crippen molar-refractivity contribution in [2.75, 3.05) is 62.5 Å². The molecule has 2 aromatic rings. The highest BCUT2D eigenvalue weighted by atomic mass is 32.2. The number of carboxylic acids is 1. The molecule has 0 aliphatic carbocycles. The fourth-order valence-electron chi connectivity index (χ4n) is 6.34. The Hall–Kier alpha value is -5.14. The zero-order valence-electron chi connectivity index (χ0n) is 28.1. The van der Waals surface area contributed by atoms with Gasteiger partial charge in [-0.3, -0.25) is 33.8 Å². The van der Waals surface area contributed by atoms with Crippen LogP contribution in [0.3, 0.4) is 0 Å². The van der Waals surface area contributed by atoms with Gasteiger partial charge in [-0.15, -0.1) is 23.5 Å². The molecule has 6 rings (SSSR count). The summed E-state index contributed by atoms with van der Waals surface area (Å²) in [4.78, 5) is 94.8. The fourth-order valence-corrected chi connectivity index (χ4v) is 8.79. The number of carboxylic acid groups (broad SMARTS) is 1. The number of pyridine rings is 1. The molecule has 0 spiro atoms. The third kappa shape index (κ3) is 7.02. The number of thioether (sulfide) groups is 2. The van der Waals surface area contributed by atoms with Gasteiger partial charge < -0.3 is 30.7 Å². The Balaban J connectivity index is 1.19. The number of nitrogens with one attached hydrogen (secondary N) is 3. The molecule has 0 bridgehead atoms. The Kier molecular flexibility index (Phi) is 11.0. The van der Waals surface area contributed by atoms with Crippen molar-refractivity contribution in [1.29, 1.82) is 0 Å². The second-order valence-corrected chi connectivity index (χ2v) is 14.2. The highest BCUT2D eigenvalue weighted by Crippen LogP contribution is 2.46. The molecule has 7 amide bonds. The minimum Gasteiger partial charge on any atom is -0.477 e. The van der Waals surface area contributed by atoms with Gasteiger partial charge in [0, 0.05) is 48.2 Å². The molecule has 3 saturated heterocycles. The average molecular weight is 754 g/mol. The molecule has 4 aliphatic rings. The summed E-state index contributed by atoms with van der Waals surface area (Å²) < 4.78 is 7.38. The van der Waals surface area contributed by atoms with E-state index < -0.39 is 52.7 Å². The molecule has 5 heterocycles. The van der Waals surface area contributed by atoms with E-state index in [0.29, 0.717) is 23.7 Å². The summed E-state index contributed by atoms with van der Waals surface area (Å²) in [7, 11) is 0. The van der Waals surface area contributed by atoms with E-state index in [2.05, 4.69) is 21.0 Å². The van der Waals surface area contributed by atoms with Crippen LogP contribution in [0.25, 0.3) is 0 Å². The standard InChI is InChI=1S/C33H36N8O9S2/c1-2-37-12-13-40(28(45)27(37)44)32(49)35-24(21-6-4-3-5-7-21)26(43)36-33(34-20-42)30(48)41-25(29(46)47)22(19-52-31(33)41)18-51-23-8-10-38(11-9-23)39-14-16-50-17-15-39/h3-11,20,24,31H,2,12-19H2,1H3,(H3-,34,35,36,42,43,46,47,49)/p+1/t24-,31-,33-/m1/s1. The maximum atomic E-state index is 14.0. The van der Waals surface area contributed by atoms with Crippen molar-refractivity contribution in [3.05, 3.63) is 71.7 Å². The summed E-state index contributed by atoms with van der Waals surface area (Å²) in [5.41, 5.74) is -1.52. The molecule has 0 radical (unpaired) electrons. The molecule has 4 N–H and O–H groups in total. The summed E-state index contributed by atoms with van der Waals surface area (Å²) in [6.45, 7) is 4.81. The first-order chi connectivity index (χ1) is 25.1. The molecule has 52 heavy (non-hydrogen) atoms. The molecule has 17 nitrogen and oxygen atoms in total. The number of aromatic nitrogens is 1. The molecule has 3 atom stereocenters. The van der Waals surface area contributed by atoms with Crippen molar-refractivity contribution in [3.8, 4) is 0 Å². The second-order valence-electron chi connectivity index (χ2n) is 12.1. The lowest BCUT2D eigenvalue weighted by molar-refractivity contribution is -0.695. The number of aliphatic carboxylic acids is 1. The predicted octanol–water partition coefficient (Wildman–Crippen LogP) is -1.01. The number of carbonyl (C=O) groups excluding carboxylic acids is 6. The minimum atomic E-state index is -2.05. The third-order valence-electron chi connectivity index (χ3n) is 9.07. The zero-order chi connectivity index (χ0) is 37.0. The van der Waals surface area contributed by atoms with E-state index in [-0.39, 0.29) is 48.8 Å². The monoisotopic (exact) mass is 753 g/mol. The molecule has 1 aromatic heterocycles. The Morgan fingerprint density at radius 1 is 1.06 bits per heavy atom. The molecular weight excluding hydrogens is 717 g/mol. The number of hydrogen-bond donors (Lipinski definition) is 4. The number of fused-ring (bicyclic) bond motifs is 1. The van der Waals surface area contributed by atoms with Gasteiger partial charge >= 0.3 is 23.8 Å². The minimum absolute atomic E-state index is 0.0974. The number of urea groups is 1. The molecule has 1 aromatic carbocycles. The maximum Gasteiger partial charge on any atom is 0.352 e. The van der Waals surface area contributed by atoms with Crippen molar-refractivity contribution in [3.63, 3.8) is 0 Å².